The van der Waals surface area contributed by atoms with Gasteiger partial charge in [0, 0.05) is 12.6 Å². The Hall–Kier alpha value is -1.37. The summed E-state index contributed by atoms with van der Waals surface area (Å²) in [5.74, 6) is -0.984. The molecular formula is C11H9Cl2N3O2S. The second kappa shape index (κ2) is 5.73. The molecule has 0 saturated heterocycles. The van der Waals surface area contributed by atoms with Crippen LogP contribution in [0.1, 0.15) is 6.92 Å². The van der Waals surface area contributed by atoms with E-state index in [2.05, 4.69) is 14.0 Å². The van der Waals surface area contributed by atoms with Crippen molar-refractivity contribution in [3.8, 4) is 0 Å². The molecule has 1 aliphatic rings. The van der Waals surface area contributed by atoms with E-state index in [4.69, 9.17) is 28.3 Å². The van der Waals surface area contributed by atoms with Crippen LogP contribution in [0, 0.1) is 0 Å². The molecule has 0 bridgehead atoms. The number of nitrogens with zero attached hydrogens (tertiary/aromatic N) is 2. The second-order valence-electron chi connectivity index (χ2n) is 3.86. The summed E-state index contributed by atoms with van der Waals surface area (Å²) in [6.07, 6.45) is 1.13. The minimum absolute atomic E-state index is 0.347. The minimum Gasteiger partial charge on any atom is -0.478 e. The highest BCUT2D eigenvalue weighted by atomic mass is 35.5. The third kappa shape index (κ3) is 3.15. The lowest BCUT2D eigenvalue weighted by Gasteiger charge is -2.12. The number of carbonyl (C=O) groups is 1. The van der Waals surface area contributed by atoms with Gasteiger partial charge in [-0.3, -0.25) is 0 Å². The number of fused-ring (bicyclic) bond motifs is 1. The zero-order valence-electron chi connectivity index (χ0n) is 9.78. The monoisotopic (exact) mass is 317 g/mol. The number of nitrogens with one attached hydrogen (secondary N) is 1. The summed E-state index contributed by atoms with van der Waals surface area (Å²) in [6.45, 7) is 2.06. The fraction of sp³-hybridized carbons (Fsp3) is 0.182. The van der Waals surface area contributed by atoms with Gasteiger partial charge in [0.1, 0.15) is 11.4 Å². The molecule has 0 aromatic heterocycles. The van der Waals surface area contributed by atoms with Gasteiger partial charge in [-0.2, -0.15) is 8.73 Å². The summed E-state index contributed by atoms with van der Waals surface area (Å²) >= 11 is 13.2. The van der Waals surface area contributed by atoms with E-state index in [1.54, 1.807) is 13.0 Å². The smallest absolute Gasteiger partial charge is 0.328 e. The summed E-state index contributed by atoms with van der Waals surface area (Å²) in [5.41, 5.74) is 2.44. The number of carboxylic acids is 1. The van der Waals surface area contributed by atoms with E-state index < -0.39 is 5.97 Å². The predicted molar refractivity (Wildman–Crippen MR) is 77.9 cm³/mol. The van der Waals surface area contributed by atoms with E-state index in [-0.39, 0.29) is 0 Å². The lowest BCUT2D eigenvalue weighted by atomic mass is 10.2. The van der Waals surface area contributed by atoms with Crippen LogP contribution in [0.3, 0.4) is 0 Å². The molecule has 2 N–H and O–H groups in total. The third-order valence-electron chi connectivity index (χ3n) is 2.36. The Morgan fingerprint density at radius 3 is 2.79 bits per heavy atom. The quantitative estimate of drug-likeness (QED) is 0.831. The average Bonchev–Trinajstić information content (AvgIpc) is 2.76. The molecule has 0 spiro atoms. The molecular weight excluding hydrogens is 309 g/mol. The predicted octanol–water partition coefficient (Wildman–Crippen LogP) is 4.16. The molecule has 0 radical (unpaired) electrons. The number of aliphatic carboxylic acids is 1. The first-order valence-corrected chi connectivity index (χ1v) is 6.72. The lowest BCUT2D eigenvalue weighted by molar-refractivity contribution is -0.131. The fourth-order valence-electron chi connectivity index (χ4n) is 1.53. The third-order valence-corrected chi connectivity index (χ3v) is 3.47. The van der Waals surface area contributed by atoms with Crippen LogP contribution in [0.4, 0.5) is 17.1 Å². The maximum Gasteiger partial charge on any atom is 0.328 e. The van der Waals surface area contributed by atoms with Gasteiger partial charge < -0.3 is 10.4 Å². The molecule has 0 aliphatic carbocycles. The number of hydrogen-bond donors (Lipinski definition) is 2. The largest absolute Gasteiger partial charge is 0.478 e. The molecule has 1 aromatic carbocycles. The zero-order valence-corrected chi connectivity index (χ0v) is 12.1. The highest BCUT2D eigenvalue weighted by molar-refractivity contribution is 7.58. The van der Waals surface area contributed by atoms with Gasteiger partial charge in [0.2, 0.25) is 0 Å². The van der Waals surface area contributed by atoms with Crippen molar-refractivity contribution >= 4 is 57.6 Å². The number of rotatable bonds is 4. The van der Waals surface area contributed by atoms with Gasteiger partial charge in [0.25, 0.3) is 0 Å². The van der Waals surface area contributed by atoms with Crippen molar-refractivity contribution in [1.82, 2.24) is 0 Å². The topological polar surface area (TPSA) is 74.0 Å². The Balaban J connectivity index is 2.25. The van der Waals surface area contributed by atoms with E-state index in [0.29, 0.717) is 39.2 Å². The molecule has 0 atom stereocenters. The van der Waals surface area contributed by atoms with Crippen molar-refractivity contribution in [3.63, 3.8) is 0 Å². The Morgan fingerprint density at radius 1 is 1.42 bits per heavy atom. The van der Waals surface area contributed by atoms with Crippen LogP contribution in [0.5, 0.6) is 0 Å². The van der Waals surface area contributed by atoms with E-state index in [0.717, 1.165) is 17.4 Å². The SMILES string of the molecule is CC(=CC(=O)O)CNc1c(Cl)cc(Cl)c2c1N=S=N2. The van der Waals surface area contributed by atoms with Gasteiger partial charge in [-0.25, -0.2) is 4.79 Å². The van der Waals surface area contributed by atoms with E-state index >= 15 is 0 Å². The first-order valence-electron chi connectivity index (χ1n) is 5.23. The first-order chi connectivity index (χ1) is 8.99. The van der Waals surface area contributed by atoms with Crippen LogP contribution < -0.4 is 5.32 Å². The highest BCUT2D eigenvalue weighted by Crippen LogP contribution is 2.47. The lowest BCUT2D eigenvalue weighted by Crippen LogP contribution is -2.05. The van der Waals surface area contributed by atoms with Crippen LogP contribution in [0.2, 0.25) is 10.0 Å². The number of carboxylic acid groups (broad SMARTS) is 1. The molecule has 8 heteroatoms. The Morgan fingerprint density at radius 2 is 2.11 bits per heavy atom. The van der Waals surface area contributed by atoms with Crippen molar-refractivity contribution in [2.75, 3.05) is 11.9 Å². The molecule has 5 nitrogen and oxygen atoms in total. The van der Waals surface area contributed by atoms with Crippen molar-refractivity contribution in [2.45, 2.75) is 6.92 Å². The van der Waals surface area contributed by atoms with Crippen LogP contribution >= 0.6 is 23.2 Å². The number of halogens is 2. The number of benzene rings is 1. The van der Waals surface area contributed by atoms with Crippen LogP contribution in [0.25, 0.3) is 0 Å². The summed E-state index contributed by atoms with van der Waals surface area (Å²) < 4.78 is 8.23. The van der Waals surface area contributed by atoms with Crippen LogP contribution in [-0.4, -0.2) is 17.6 Å². The molecule has 0 saturated carbocycles. The van der Waals surface area contributed by atoms with Crippen molar-refractivity contribution < 1.29 is 9.90 Å². The minimum atomic E-state index is -0.984. The Kier molecular flexibility index (Phi) is 4.24. The summed E-state index contributed by atoms with van der Waals surface area (Å²) in [5, 5.41) is 12.6. The van der Waals surface area contributed by atoms with Crippen molar-refractivity contribution in [3.05, 3.63) is 27.8 Å². The molecule has 19 heavy (non-hydrogen) atoms. The average molecular weight is 318 g/mol. The molecule has 1 aromatic rings. The molecule has 0 fully saturated rings. The normalized spacial score (nSPS) is 13.1. The Bertz CT molecular complexity index is 652. The molecule has 2 rings (SSSR count). The maximum atomic E-state index is 10.5. The van der Waals surface area contributed by atoms with E-state index in [1.807, 2.05) is 0 Å². The first kappa shape index (κ1) is 14.0. The van der Waals surface area contributed by atoms with Crippen LogP contribution in [-0.2, 0) is 16.1 Å². The van der Waals surface area contributed by atoms with Crippen LogP contribution in [0.15, 0.2) is 26.4 Å². The highest BCUT2D eigenvalue weighted by Gasteiger charge is 2.18. The Labute approximate surface area is 123 Å². The maximum absolute atomic E-state index is 10.5. The van der Waals surface area contributed by atoms with Crippen molar-refractivity contribution in [1.29, 1.82) is 0 Å². The molecule has 100 valence electrons. The summed E-state index contributed by atoms with van der Waals surface area (Å²) in [6, 6.07) is 1.59. The summed E-state index contributed by atoms with van der Waals surface area (Å²) in [4.78, 5) is 10.5. The number of hydrogen-bond acceptors (Lipinski definition) is 4. The standard InChI is InChI=1S/C11H9Cl2N3O2S/c1-5(2-8(17)18)4-14-9-6(12)3-7(13)10-11(9)16-19-15-10/h2-3,14H,4H2,1H3,(H,17,18). The fourth-order valence-corrected chi connectivity index (χ4v) is 2.71. The molecule has 0 unspecified atom stereocenters. The van der Waals surface area contributed by atoms with Gasteiger partial charge in [0.15, 0.2) is 0 Å². The van der Waals surface area contributed by atoms with E-state index in [9.17, 15) is 4.79 Å². The van der Waals surface area contributed by atoms with Gasteiger partial charge in [-0.15, -0.1) is 0 Å². The number of anilines is 1. The van der Waals surface area contributed by atoms with Gasteiger partial charge >= 0.3 is 5.97 Å². The van der Waals surface area contributed by atoms with Gasteiger partial charge in [0.05, 0.1) is 27.1 Å². The van der Waals surface area contributed by atoms with Crippen molar-refractivity contribution in [2.24, 2.45) is 8.73 Å². The van der Waals surface area contributed by atoms with E-state index in [1.165, 1.54) is 0 Å². The van der Waals surface area contributed by atoms with Gasteiger partial charge in [-0.05, 0) is 18.6 Å². The summed E-state index contributed by atoms with van der Waals surface area (Å²) in [7, 11) is 0. The molecule has 1 aliphatic heterocycles. The second-order valence-corrected chi connectivity index (χ2v) is 5.20. The zero-order chi connectivity index (χ0) is 14.0. The molecule has 1 heterocycles. The van der Waals surface area contributed by atoms with Gasteiger partial charge in [-0.1, -0.05) is 23.2 Å². The molecule has 0 amide bonds.